The molecule has 0 fully saturated rings. The van der Waals surface area contributed by atoms with Gasteiger partial charge in [0.25, 0.3) is 0 Å². The van der Waals surface area contributed by atoms with Crippen LogP contribution >= 0.6 is 0 Å². The van der Waals surface area contributed by atoms with Crippen LogP contribution in [0.4, 0.5) is 0 Å². The van der Waals surface area contributed by atoms with Crippen molar-refractivity contribution in [1.82, 2.24) is 5.06 Å². The lowest BCUT2D eigenvalue weighted by molar-refractivity contribution is -0.208. The minimum Gasteiger partial charge on any atom is -0.376 e. The van der Waals surface area contributed by atoms with Gasteiger partial charge in [0.05, 0.1) is 11.7 Å². The SMILES string of the molecule is CCCCCCCCCCCCCCC(CCCCCCCCCCCCC)ON(C)C(C)CCC(C)(C)OCCCC. The number of rotatable bonds is 35. The largest absolute Gasteiger partial charge is 0.376 e. The van der Waals surface area contributed by atoms with Crippen molar-refractivity contribution < 1.29 is 9.57 Å². The Morgan fingerprint density at radius 1 is 0.488 bits per heavy atom. The van der Waals surface area contributed by atoms with Gasteiger partial charge in [-0.05, 0) is 52.9 Å². The smallest absolute Gasteiger partial charge is 0.0793 e. The molecular formula is C40H83NO2. The molecule has 0 radical (unpaired) electrons. The molecule has 0 heterocycles. The third-order valence-corrected chi connectivity index (χ3v) is 9.60. The predicted octanol–water partition coefficient (Wildman–Crippen LogP) is 13.8. The summed E-state index contributed by atoms with van der Waals surface area (Å²) in [7, 11) is 2.17. The Morgan fingerprint density at radius 3 is 1.21 bits per heavy atom. The van der Waals surface area contributed by atoms with Crippen molar-refractivity contribution in [3.63, 3.8) is 0 Å². The Morgan fingerprint density at radius 2 is 0.837 bits per heavy atom. The molecule has 0 aliphatic rings. The van der Waals surface area contributed by atoms with E-state index in [1.807, 2.05) is 0 Å². The molecule has 0 aromatic carbocycles. The molecule has 43 heavy (non-hydrogen) atoms. The number of hydroxylamine groups is 2. The lowest BCUT2D eigenvalue weighted by Gasteiger charge is -2.32. The quantitative estimate of drug-likeness (QED) is 0.0527. The predicted molar refractivity (Wildman–Crippen MR) is 193 cm³/mol. The molecule has 0 aromatic rings. The minimum absolute atomic E-state index is 0.0474. The van der Waals surface area contributed by atoms with Gasteiger partial charge in [-0.2, -0.15) is 5.06 Å². The summed E-state index contributed by atoms with van der Waals surface area (Å²) in [5.74, 6) is 0. The van der Waals surface area contributed by atoms with Gasteiger partial charge in [0.2, 0.25) is 0 Å². The second-order valence-corrected chi connectivity index (χ2v) is 14.6. The Bertz CT molecular complexity index is 537. The summed E-state index contributed by atoms with van der Waals surface area (Å²) >= 11 is 0. The zero-order valence-electron chi connectivity index (χ0n) is 31.1. The van der Waals surface area contributed by atoms with E-state index in [2.05, 4.69) is 53.7 Å². The van der Waals surface area contributed by atoms with Crippen molar-refractivity contribution in [1.29, 1.82) is 0 Å². The number of hydrogen-bond acceptors (Lipinski definition) is 3. The van der Waals surface area contributed by atoms with Crippen LogP contribution in [-0.4, -0.2) is 36.5 Å². The van der Waals surface area contributed by atoms with E-state index < -0.39 is 0 Å². The third kappa shape index (κ3) is 30.3. The van der Waals surface area contributed by atoms with Gasteiger partial charge < -0.3 is 4.74 Å². The topological polar surface area (TPSA) is 21.7 Å². The third-order valence-electron chi connectivity index (χ3n) is 9.60. The number of ether oxygens (including phenoxy) is 1. The van der Waals surface area contributed by atoms with Crippen LogP contribution < -0.4 is 0 Å². The van der Waals surface area contributed by atoms with E-state index in [0.29, 0.717) is 12.1 Å². The summed E-state index contributed by atoms with van der Waals surface area (Å²) in [6.45, 7) is 14.5. The summed E-state index contributed by atoms with van der Waals surface area (Å²) in [6.07, 6.45) is 39.8. The first-order valence-corrected chi connectivity index (χ1v) is 19.9. The fourth-order valence-corrected chi connectivity index (χ4v) is 6.14. The van der Waals surface area contributed by atoms with Gasteiger partial charge in [-0.25, -0.2) is 0 Å². The van der Waals surface area contributed by atoms with E-state index in [1.165, 1.54) is 167 Å². The molecule has 0 saturated carbocycles. The molecule has 0 saturated heterocycles. The fraction of sp³-hybridized carbons (Fsp3) is 1.00. The van der Waals surface area contributed by atoms with Crippen molar-refractivity contribution in [2.45, 2.75) is 245 Å². The normalized spacial score (nSPS) is 13.7. The highest BCUT2D eigenvalue weighted by Gasteiger charge is 2.22. The summed E-state index contributed by atoms with van der Waals surface area (Å²) in [6, 6.07) is 0.413. The Hall–Kier alpha value is -0.120. The molecule has 0 spiro atoms. The maximum atomic E-state index is 6.66. The molecule has 2 unspecified atom stereocenters. The lowest BCUT2D eigenvalue weighted by atomic mass is 9.99. The Kier molecular flexibility index (Phi) is 31.8. The van der Waals surface area contributed by atoms with Gasteiger partial charge in [0.1, 0.15) is 0 Å². The zero-order valence-corrected chi connectivity index (χ0v) is 31.1. The van der Waals surface area contributed by atoms with Crippen LogP contribution in [0.5, 0.6) is 0 Å². The molecule has 3 heteroatoms. The number of hydrogen-bond donors (Lipinski definition) is 0. The standard InChI is InChI=1S/C40H83NO2/c1-8-11-14-16-18-20-22-24-26-28-30-32-34-39(33-31-29-27-25-23-21-19-17-15-12-9-2)43-41(7)38(4)35-36-40(5,6)42-37-13-10-3/h38-39H,8-37H2,1-7H3. The van der Waals surface area contributed by atoms with Gasteiger partial charge >= 0.3 is 0 Å². The molecule has 0 aliphatic heterocycles. The highest BCUT2D eigenvalue weighted by Crippen LogP contribution is 2.23. The summed E-state index contributed by atoms with van der Waals surface area (Å²) in [5.41, 5.74) is -0.0474. The molecule has 0 rings (SSSR count). The average molecular weight is 610 g/mol. The van der Waals surface area contributed by atoms with E-state index in [-0.39, 0.29) is 5.60 Å². The van der Waals surface area contributed by atoms with E-state index in [9.17, 15) is 0 Å². The Labute approximate surface area is 273 Å². The van der Waals surface area contributed by atoms with E-state index >= 15 is 0 Å². The van der Waals surface area contributed by atoms with Crippen molar-refractivity contribution in [2.75, 3.05) is 13.7 Å². The van der Waals surface area contributed by atoms with Crippen molar-refractivity contribution in [3.05, 3.63) is 0 Å². The van der Waals surface area contributed by atoms with Crippen LogP contribution in [0.3, 0.4) is 0 Å². The fourth-order valence-electron chi connectivity index (χ4n) is 6.14. The van der Waals surface area contributed by atoms with E-state index in [4.69, 9.17) is 9.57 Å². The highest BCUT2D eigenvalue weighted by molar-refractivity contribution is 4.72. The maximum absolute atomic E-state index is 6.66. The molecule has 2 atom stereocenters. The molecule has 260 valence electrons. The second kappa shape index (κ2) is 31.8. The zero-order chi connectivity index (χ0) is 31.9. The number of unbranched alkanes of at least 4 members (excludes halogenated alkanes) is 22. The van der Waals surface area contributed by atoms with Crippen LogP contribution in [-0.2, 0) is 9.57 Å². The first-order chi connectivity index (χ1) is 20.9. The number of nitrogens with zero attached hydrogens (tertiary/aromatic N) is 1. The van der Waals surface area contributed by atoms with Crippen LogP contribution in [0, 0.1) is 0 Å². The van der Waals surface area contributed by atoms with E-state index in [0.717, 1.165) is 25.9 Å². The van der Waals surface area contributed by atoms with Crippen LogP contribution in [0.2, 0.25) is 0 Å². The molecule has 0 bridgehead atoms. The van der Waals surface area contributed by atoms with Crippen LogP contribution in [0.25, 0.3) is 0 Å². The first-order valence-electron chi connectivity index (χ1n) is 19.9. The van der Waals surface area contributed by atoms with Crippen molar-refractivity contribution >= 4 is 0 Å². The van der Waals surface area contributed by atoms with Gasteiger partial charge in [-0.15, -0.1) is 0 Å². The van der Waals surface area contributed by atoms with Crippen molar-refractivity contribution in [3.8, 4) is 0 Å². The van der Waals surface area contributed by atoms with Crippen LogP contribution in [0.15, 0.2) is 0 Å². The van der Waals surface area contributed by atoms with E-state index in [1.54, 1.807) is 0 Å². The van der Waals surface area contributed by atoms with Gasteiger partial charge in [0, 0.05) is 19.7 Å². The Balaban J connectivity index is 4.35. The lowest BCUT2D eigenvalue weighted by Crippen LogP contribution is -2.36. The minimum atomic E-state index is -0.0474. The maximum Gasteiger partial charge on any atom is 0.0793 e. The summed E-state index contributed by atoms with van der Waals surface area (Å²) < 4.78 is 6.17. The summed E-state index contributed by atoms with van der Waals surface area (Å²) in [5, 5.41) is 2.19. The molecular weight excluding hydrogens is 526 g/mol. The summed E-state index contributed by atoms with van der Waals surface area (Å²) in [4.78, 5) is 6.66. The van der Waals surface area contributed by atoms with Gasteiger partial charge in [-0.3, -0.25) is 4.84 Å². The average Bonchev–Trinajstić information content (AvgIpc) is 2.99. The first kappa shape index (κ1) is 42.9. The molecule has 3 nitrogen and oxygen atoms in total. The molecule has 0 aromatic heterocycles. The highest BCUT2D eigenvalue weighted by atomic mass is 16.7. The molecule has 0 N–H and O–H groups in total. The molecule has 0 aliphatic carbocycles. The monoisotopic (exact) mass is 610 g/mol. The van der Waals surface area contributed by atoms with Crippen LogP contribution in [0.1, 0.15) is 228 Å². The second-order valence-electron chi connectivity index (χ2n) is 14.6. The van der Waals surface area contributed by atoms with Crippen molar-refractivity contribution in [2.24, 2.45) is 0 Å². The molecule has 0 amide bonds. The van der Waals surface area contributed by atoms with Gasteiger partial charge in [0.15, 0.2) is 0 Å². The van der Waals surface area contributed by atoms with Gasteiger partial charge in [-0.1, -0.05) is 175 Å².